The Labute approximate surface area is 102 Å². The molecule has 0 bridgehead atoms. The maximum Gasteiger partial charge on any atom is 0.320 e. The van der Waals surface area contributed by atoms with Crippen molar-refractivity contribution < 1.29 is 19.1 Å². The number of hydrogen-bond acceptors (Lipinski definition) is 4. The molecule has 4 heteroatoms. The third-order valence-electron chi connectivity index (χ3n) is 3.83. The molecular weight excluding hydrogens is 220 g/mol. The lowest BCUT2D eigenvalue weighted by Gasteiger charge is -2.47. The normalized spacial score (nSPS) is 32.5. The van der Waals surface area contributed by atoms with Gasteiger partial charge in [-0.2, -0.15) is 0 Å². The number of carbonyl (C=O) groups excluding carboxylic acids is 2. The van der Waals surface area contributed by atoms with Crippen molar-refractivity contribution in [3.63, 3.8) is 0 Å². The number of hydrogen-bond donors (Lipinski definition) is 0. The van der Waals surface area contributed by atoms with Crippen LogP contribution in [0, 0.1) is 17.8 Å². The van der Waals surface area contributed by atoms with Crippen LogP contribution in [-0.2, 0) is 19.1 Å². The van der Waals surface area contributed by atoms with E-state index in [1.165, 1.54) is 0 Å². The largest absolute Gasteiger partial charge is 0.422 e. The molecule has 96 valence electrons. The highest BCUT2D eigenvalue weighted by Crippen LogP contribution is 2.45. The van der Waals surface area contributed by atoms with E-state index in [0.29, 0.717) is 18.3 Å². The third kappa shape index (κ3) is 2.31. The zero-order valence-corrected chi connectivity index (χ0v) is 10.7. The Morgan fingerprint density at radius 3 is 2.29 bits per heavy atom. The van der Waals surface area contributed by atoms with Crippen molar-refractivity contribution in [2.75, 3.05) is 0 Å². The number of carbonyl (C=O) groups is 2. The fourth-order valence-electron chi connectivity index (χ4n) is 3.10. The summed E-state index contributed by atoms with van der Waals surface area (Å²) in [6.07, 6.45) is 2.42. The molecule has 2 rings (SSSR count). The molecule has 2 fully saturated rings. The second-order valence-corrected chi connectivity index (χ2v) is 5.67. The van der Waals surface area contributed by atoms with Crippen LogP contribution < -0.4 is 0 Å². The summed E-state index contributed by atoms with van der Waals surface area (Å²) < 4.78 is 10.9. The zero-order valence-electron chi connectivity index (χ0n) is 10.7. The summed E-state index contributed by atoms with van der Waals surface area (Å²) in [5, 5.41) is 0. The molecule has 1 spiro atoms. The molecule has 17 heavy (non-hydrogen) atoms. The van der Waals surface area contributed by atoms with Gasteiger partial charge in [-0.3, -0.25) is 9.59 Å². The maximum atomic E-state index is 11.5. The summed E-state index contributed by atoms with van der Waals surface area (Å²) >= 11 is 0. The molecule has 0 aromatic heterocycles. The van der Waals surface area contributed by atoms with Gasteiger partial charge in [-0.05, 0) is 24.7 Å². The van der Waals surface area contributed by atoms with Crippen molar-refractivity contribution in [3.8, 4) is 0 Å². The van der Waals surface area contributed by atoms with Gasteiger partial charge in [0, 0.05) is 12.3 Å². The highest BCUT2D eigenvalue weighted by atomic mass is 16.7. The monoisotopic (exact) mass is 240 g/mol. The molecule has 4 nitrogen and oxygen atoms in total. The first-order valence-corrected chi connectivity index (χ1v) is 6.36. The van der Waals surface area contributed by atoms with Crippen molar-refractivity contribution in [3.05, 3.63) is 0 Å². The van der Waals surface area contributed by atoms with Crippen molar-refractivity contribution >= 4 is 11.9 Å². The van der Waals surface area contributed by atoms with Gasteiger partial charge in [0.25, 0.3) is 5.79 Å². The summed E-state index contributed by atoms with van der Waals surface area (Å²) in [6.45, 7) is 6.27. The van der Waals surface area contributed by atoms with Crippen LogP contribution in [0.2, 0.25) is 0 Å². The molecule has 1 saturated carbocycles. The lowest BCUT2D eigenvalue weighted by atomic mass is 9.72. The summed E-state index contributed by atoms with van der Waals surface area (Å²) in [6, 6.07) is 0. The van der Waals surface area contributed by atoms with E-state index in [0.717, 1.165) is 12.8 Å². The Kier molecular flexibility index (Phi) is 3.15. The van der Waals surface area contributed by atoms with Crippen LogP contribution in [0.1, 0.15) is 46.5 Å². The highest BCUT2D eigenvalue weighted by Gasteiger charge is 2.53. The van der Waals surface area contributed by atoms with E-state index in [9.17, 15) is 9.59 Å². The van der Waals surface area contributed by atoms with E-state index in [1.807, 2.05) is 0 Å². The van der Waals surface area contributed by atoms with E-state index in [2.05, 4.69) is 20.8 Å². The SMILES string of the molecule is CC(C)[C@@H]1CC[C@@H](C)CC12OC(=O)CC(=O)O2. The Morgan fingerprint density at radius 2 is 1.76 bits per heavy atom. The van der Waals surface area contributed by atoms with Gasteiger partial charge in [-0.25, -0.2) is 0 Å². The lowest BCUT2D eigenvalue weighted by Crippen LogP contribution is -2.55. The number of rotatable bonds is 1. The first-order valence-electron chi connectivity index (χ1n) is 6.36. The van der Waals surface area contributed by atoms with Gasteiger partial charge in [-0.1, -0.05) is 20.8 Å². The van der Waals surface area contributed by atoms with Crippen LogP contribution >= 0.6 is 0 Å². The van der Waals surface area contributed by atoms with Gasteiger partial charge in [0.15, 0.2) is 0 Å². The van der Waals surface area contributed by atoms with Gasteiger partial charge in [0.1, 0.15) is 6.42 Å². The molecule has 0 aromatic rings. The van der Waals surface area contributed by atoms with Crippen LogP contribution in [0.5, 0.6) is 0 Å². The first kappa shape index (κ1) is 12.4. The maximum absolute atomic E-state index is 11.5. The van der Waals surface area contributed by atoms with E-state index < -0.39 is 17.7 Å². The molecule has 1 saturated heterocycles. The molecule has 0 amide bonds. The van der Waals surface area contributed by atoms with E-state index in [4.69, 9.17) is 9.47 Å². The average molecular weight is 240 g/mol. The van der Waals surface area contributed by atoms with Crippen molar-refractivity contribution in [1.82, 2.24) is 0 Å². The second-order valence-electron chi connectivity index (χ2n) is 5.67. The minimum absolute atomic E-state index is 0.117. The quantitative estimate of drug-likeness (QED) is 0.521. The summed E-state index contributed by atoms with van der Waals surface area (Å²) in [5.74, 6) is -1.00. The minimum atomic E-state index is -0.988. The topological polar surface area (TPSA) is 52.6 Å². The highest BCUT2D eigenvalue weighted by molar-refractivity contribution is 5.93. The van der Waals surface area contributed by atoms with Crippen molar-refractivity contribution in [2.24, 2.45) is 17.8 Å². The fourth-order valence-corrected chi connectivity index (χ4v) is 3.10. The van der Waals surface area contributed by atoms with Crippen molar-refractivity contribution in [2.45, 2.75) is 52.2 Å². The van der Waals surface area contributed by atoms with Gasteiger partial charge in [-0.15, -0.1) is 0 Å². The van der Waals surface area contributed by atoms with Crippen LogP contribution in [0.15, 0.2) is 0 Å². The fraction of sp³-hybridized carbons (Fsp3) is 0.846. The van der Waals surface area contributed by atoms with Crippen LogP contribution in [-0.4, -0.2) is 17.7 Å². The summed E-state index contributed by atoms with van der Waals surface area (Å²) in [7, 11) is 0. The molecule has 1 aliphatic carbocycles. The van der Waals surface area contributed by atoms with E-state index >= 15 is 0 Å². The van der Waals surface area contributed by atoms with Gasteiger partial charge >= 0.3 is 11.9 Å². The summed E-state index contributed by atoms with van der Waals surface area (Å²) in [5.41, 5.74) is 0. The molecule has 1 aliphatic heterocycles. The standard InChI is InChI=1S/C13H20O4/c1-8(2)10-5-4-9(3)7-13(10)16-11(14)6-12(15)17-13/h8-10H,4-7H2,1-3H3/t9-,10+/m1/s1. The molecule has 0 N–H and O–H groups in total. The first-order chi connectivity index (χ1) is 7.93. The summed E-state index contributed by atoms with van der Waals surface area (Å²) in [4.78, 5) is 23.0. The van der Waals surface area contributed by atoms with E-state index in [1.54, 1.807) is 0 Å². The molecular formula is C13H20O4. The van der Waals surface area contributed by atoms with Gasteiger partial charge < -0.3 is 9.47 Å². The second kappa shape index (κ2) is 4.31. The Balaban J connectivity index is 2.28. The van der Waals surface area contributed by atoms with Crippen molar-refractivity contribution in [1.29, 1.82) is 0 Å². The third-order valence-corrected chi connectivity index (χ3v) is 3.83. The van der Waals surface area contributed by atoms with Crippen LogP contribution in [0.3, 0.4) is 0 Å². The minimum Gasteiger partial charge on any atom is -0.422 e. The molecule has 1 heterocycles. The molecule has 2 atom stereocenters. The molecule has 2 aliphatic rings. The Hall–Kier alpha value is -1.06. The van der Waals surface area contributed by atoms with Crippen LogP contribution in [0.25, 0.3) is 0 Å². The number of ether oxygens (including phenoxy) is 2. The smallest absolute Gasteiger partial charge is 0.320 e. The zero-order chi connectivity index (χ0) is 12.6. The predicted molar refractivity (Wildman–Crippen MR) is 60.9 cm³/mol. The average Bonchev–Trinajstić information content (AvgIpc) is 2.13. The number of esters is 2. The van der Waals surface area contributed by atoms with Gasteiger partial charge in [0.05, 0.1) is 0 Å². The van der Waals surface area contributed by atoms with Gasteiger partial charge in [0.2, 0.25) is 0 Å². The van der Waals surface area contributed by atoms with Crippen LogP contribution in [0.4, 0.5) is 0 Å². The molecule has 0 aromatic carbocycles. The predicted octanol–water partition coefficient (Wildman–Crippen LogP) is 2.27. The lowest BCUT2D eigenvalue weighted by molar-refractivity contribution is -0.281. The molecule has 0 unspecified atom stereocenters. The molecule has 0 radical (unpaired) electrons. The van der Waals surface area contributed by atoms with E-state index in [-0.39, 0.29) is 12.3 Å². The Morgan fingerprint density at radius 1 is 1.18 bits per heavy atom. The Bertz CT molecular complexity index is 318.